The van der Waals surface area contributed by atoms with Crippen LogP contribution in [-0.2, 0) is 0 Å². The molecule has 1 aliphatic heterocycles. The van der Waals surface area contributed by atoms with Crippen molar-refractivity contribution in [2.45, 2.75) is 70.8 Å². The number of hydrogen-bond acceptors (Lipinski definition) is 1. The van der Waals surface area contributed by atoms with Gasteiger partial charge in [0, 0.05) is 6.04 Å². The van der Waals surface area contributed by atoms with E-state index < -0.39 is 0 Å². The zero-order valence-corrected chi connectivity index (χ0v) is 12.4. The molecule has 2 saturated carbocycles. The summed E-state index contributed by atoms with van der Waals surface area (Å²) in [6.07, 6.45) is 13.6. The first-order valence-electron chi connectivity index (χ1n) is 8.46. The fourth-order valence-electron chi connectivity index (χ4n) is 5.43. The molecule has 5 atom stereocenters. The molecule has 0 aromatic carbocycles. The Morgan fingerprint density at radius 1 is 0.833 bits per heavy atom. The van der Waals surface area contributed by atoms with Crippen molar-refractivity contribution in [3.8, 4) is 0 Å². The molecule has 0 N–H and O–H groups in total. The average molecular weight is 249 g/mol. The summed E-state index contributed by atoms with van der Waals surface area (Å²) in [5, 5.41) is 0. The molecule has 3 aliphatic rings. The lowest BCUT2D eigenvalue weighted by atomic mass is 9.61. The van der Waals surface area contributed by atoms with E-state index in [1.807, 2.05) is 0 Å². The maximum atomic E-state index is 2.68. The van der Waals surface area contributed by atoms with E-state index in [1.165, 1.54) is 45.1 Å². The average Bonchev–Trinajstić information content (AvgIpc) is 2.39. The first kappa shape index (κ1) is 13.0. The summed E-state index contributed by atoms with van der Waals surface area (Å²) in [5.41, 5.74) is 0. The van der Waals surface area contributed by atoms with Crippen LogP contribution in [0, 0.1) is 23.7 Å². The summed E-state index contributed by atoms with van der Waals surface area (Å²) < 4.78 is 0. The van der Waals surface area contributed by atoms with Crippen molar-refractivity contribution < 1.29 is 0 Å². The molecule has 0 bridgehead atoms. The van der Waals surface area contributed by atoms with Gasteiger partial charge in [-0.05, 0) is 69.4 Å². The van der Waals surface area contributed by atoms with Gasteiger partial charge >= 0.3 is 0 Å². The van der Waals surface area contributed by atoms with Crippen molar-refractivity contribution in [3.05, 3.63) is 0 Å². The first-order valence-corrected chi connectivity index (χ1v) is 8.46. The molecule has 0 aromatic rings. The van der Waals surface area contributed by atoms with Gasteiger partial charge < -0.3 is 4.90 Å². The van der Waals surface area contributed by atoms with Crippen LogP contribution in [0.4, 0.5) is 0 Å². The van der Waals surface area contributed by atoms with Crippen LogP contribution in [0.3, 0.4) is 0 Å². The minimum absolute atomic E-state index is 0.920. The molecular formula is C17H31N. The summed E-state index contributed by atoms with van der Waals surface area (Å²) in [4.78, 5) is 2.68. The Labute approximate surface area is 113 Å². The molecule has 0 aromatic heterocycles. The molecule has 0 spiro atoms. The second-order valence-corrected chi connectivity index (χ2v) is 7.46. The van der Waals surface area contributed by atoms with Crippen molar-refractivity contribution in [2.24, 2.45) is 23.7 Å². The summed E-state index contributed by atoms with van der Waals surface area (Å²) in [7, 11) is 2.38. The molecule has 3 rings (SSSR count). The van der Waals surface area contributed by atoms with E-state index in [2.05, 4.69) is 18.9 Å². The predicted molar refractivity (Wildman–Crippen MR) is 77.6 cm³/mol. The normalized spacial score (nSPS) is 46.7. The van der Waals surface area contributed by atoms with E-state index in [0.717, 1.165) is 29.7 Å². The molecule has 18 heavy (non-hydrogen) atoms. The van der Waals surface area contributed by atoms with Gasteiger partial charge in [-0.1, -0.05) is 32.6 Å². The van der Waals surface area contributed by atoms with Crippen LogP contribution in [0.5, 0.6) is 0 Å². The van der Waals surface area contributed by atoms with Crippen molar-refractivity contribution in [1.82, 2.24) is 4.90 Å². The van der Waals surface area contributed by atoms with Gasteiger partial charge in [-0.2, -0.15) is 0 Å². The predicted octanol–water partition coefficient (Wildman–Crippen LogP) is 4.32. The third kappa shape index (κ3) is 2.48. The highest BCUT2D eigenvalue weighted by atomic mass is 15.1. The molecule has 2 aliphatic carbocycles. The maximum Gasteiger partial charge on any atom is 0.0121 e. The SMILES string of the molecule is CC1C[C@@H]([C@@H]2CCCCN2C)C[C@H]2CCCCC12. The van der Waals surface area contributed by atoms with Gasteiger partial charge in [0.2, 0.25) is 0 Å². The Bertz CT molecular complexity index is 275. The zero-order chi connectivity index (χ0) is 12.5. The summed E-state index contributed by atoms with van der Waals surface area (Å²) in [5.74, 6) is 4.20. The highest BCUT2D eigenvalue weighted by Crippen LogP contribution is 2.47. The van der Waals surface area contributed by atoms with Crippen molar-refractivity contribution >= 4 is 0 Å². The number of piperidine rings is 1. The summed E-state index contributed by atoms with van der Waals surface area (Å²) in [6.45, 7) is 3.90. The molecule has 0 radical (unpaired) electrons. The van der Waals surface area contributed by atoms with Crippen LogP contribution < -0.4 is 0 Å². The molecule has 2 unspecified atom stereocenters. The van der Waals surface area contributed by atoms with Gasteiger partial charge in [0.1, 0.15) is 0 Å². The third-order valence-electron chi connectivity index (χ3n) is 6.35. The second-order valence-electron chi connectivity index (χ2n) is 7.46. The Morgan fingerprint density at radius 2 is 1.61 bits per heavy atom. The lowest BCUT2D eigenvalue weighted by molar-refractivity contribution is 0.0218. The molecule has 1 heteroatoms. The number of fused-ring (bicyclic) bond motifs is 1. The number of hydrogen-bond donors (Lipinski definition) is 0. The van der Waals surface area contributed by atoms with Crippen LogP contribution in [0.2, 0.25) is 0 Å². The molecule has 0 amide bonds. The van der Waals surface area contributed by atoms with E-state index in [-0.39, 0.29) is 0 Å². The highest BCUT2D eigenvalue weighted by Gasteiger charge is 2.40. The molecule has 1 heterocycles. The lowest BCUT2D eigenvalue weighted by Gasteiger charge is -2.48. The van der Waals surface area contributed by atoms with Crippen LogP contribution in [-0.4, -0.2) is 24.5 Å². The zero-order valence-electron chi connectivity index (χ0n) is 12.4. The number of likely N-dealkylation sites (tertiary alicyclic amines) is 1. The minimum atomic E-state index is 0.920. The second kappa shape index (κ2) is 5.53. The quantitative estimate of drug-likeness (QED) is 0.669. The largest absolute Gasteiger partial charge is 0.303 e. The van der Waals surface area contributed by atoms with Gasteiger partial charge in [-0.3, -0.25) is 0 Å². The van der Waals surface area contributed by atoms with Gasteiger partial charge in [-0.25, -0.2) is 0 Å². The van der Waals surface area contributed by atoms with E-state index in [0.29, 0.717) is 0 Å². The van der Waals surface area contributed by atoms with Crippen LogP contribution in [0.25, 0.3) is 0 Å². The molecule has 3 fully saturated rings. The molecule has 104 valence electrons. The fraction of sp³-hybridized carbons (Fsp3) is 1.00. The van der Waals surface area contributed by atoms with Crippen molar-refractivity contribution in [3.63, 3.8) is 0 Å². The number of rotatable bonds is 1. The van der Waals surface area contributed by atoms with Gasteiger partial charge in [0.25, 0.3) is 0 Å². The highest BCUT2D eigenvalue weighted by molar-refractivity contribution is 4.92. The van der Waals surface area contributed by atoms with Gasteiger partial charge in [-0.15, -0.1) is 0 Å². The van der Waals surface area contributed by atoms with Crippen LogP contribution >= 0.6 is 0 Å². The Morgan fingerprint density at radius 3 is 2.44 bits per heavy atom. The minimum Gasteiger partial charge on any atom is -0.303 e. The standard InChI is InChI=1S/C17H31N/c1-13-11-15(17-9-5-6-10-18(17)2)12-14-7-3-4-8-16(13)14/h13-17H,3-12H2,1-2H3/t13?,14-,15-,16?,17+/m1/s1. The topological polar surface area (TPSA) is 3.24 Å². The maximum absolute atomic E-state index is 2.68. The Hall–Kier alpha value is -0.0400. The van der Waals surface area contributed by atoms with Crippen LogP contribution in [0.15, 0.2) is 0 Å². The van der Waals surface area contributed by atoms with Crippen LogP contribution in [0.1, 0.15) is 64.7 Å². The van der Waals surface area contributed by atoms with E-state index >= 15 is 0 Å². The summed E-state index contributed by atoms with van der Waals surface area (Å²) >= 11 is 0. The van der Waals surface area contributed by atoms with Gasteiger partial charge in [0.05, 0.1) is 0 Å². The van der Waals surface area contributed by atoms with Crippen molar-refractivity contribution in [1.29, 1.82) is 0 Å². The van der Waals surface area contributed by atoms with E-state index in [1.54, 1.807) is 19.3 Å². The smallest absolute Gasteiger partial charge is 0.0121 e. The van der Waals surface area contributed by atoms with E-state index in [4.69, 9.17) is 0 Å². The molecule has 1 nitrogen and oxygen atoms in total. The fourth-order valence-corrected chi connectivity index (χ4v) is 5.43. The van der Waals surface area contributed by atoms with Crippen molar-refractivity contribution in [2.75, 3.05) is 13.6 Å². The third-order valence-corrected chi connectivity index (χ3v) is 6.35. The van der Waals surface area contributed by atoms with E-state index in [9.17, 15) is 0 Å². The number of nitrogens with zero attached hydrogens (tertiary/aromatic N) is 1. The summed E-state index contributed by atoms with van der Waals surface area (Å²) in [6, 6.07) is 0.920. The first-order chi connectivity index (χ1) is 8.75. The molecular weight excluding hydrogens is 218 g/mol. The van der Waals surface area contributed by atoms with Gasteiger partial charge in [0.15, 0.2) is 0 Å². The Kier molecular flexibility index (Phi) is 3.98. The monoisotopic (exact) mass is 249 g/mol. The lowest BCUT2D eigenvalue weighted by Crippen LogP contribution is -2.46. The Balaban J connectivity index is 1.66. The molecule has 1 saturated heterocycles.